The van der Waals surface area contributed by atoms with Crippen molar-refractivity contribution in [1.29, 1.82) is 0 Å². The van der Waals surface area contributed by atoms with Crippen LogP contribution in [0.2, 0.25) is 0 Å². The van der Waals surface area contributed by atoms with Gasteiger partial charge in [0.25, 0.3) is 0 Å². The molecule has 0 amide bonds. The second-order valence-electron chi connectivity index (χ2n) is 13.2. The smallest absolute Gasteiger partial charge is 0.163 e. The molecule has 0 atom stereocenters. The number of furan rings is 1. The highest BCUT2D eigenvalue weighted by Crippen LogP contribution is 2.36. The van der Waals surface area contributed by atoms with Gasteiger partial charge < -0.3 is 4.42 Å². The molecule has 52 heavy (non-hydrogen) atoms. The Balaban J connectivity index is 1.08. The Hall–Kier alpha value is -6.91. The Morgan fingerprint density at radius 3 is 1.73 bits per heavy atom. The van der Waals surface area contributed by atoms with Crippen LogP contribution in [0.5, 0.6) is 0 Å². The van der Waals surface area contributed by atoms with E-state index >= 15 is 0 Å². The zero-order chi connectivity index (χ0) is 34.4. The van der Waals surface area contributed by atoms with Crippen molar-refractivity contribution in [1.82, 2.24) is 15.0 Å². The first-order chi connectivity index (χ1) is 25.7. The molecule has 10 aromatic rings. The summed E-state index contributed by atoms with van der Waals surface area (Å²) in [5.74, 6) is 2.02. The van der Waals surface area contributed by atoms with E-state index in [4.69, 9.17) is 19.4 Å². The number of fused-ring (bicyclic) bond motifs is 6. The highest BCUT2D eigenvalue weighted by atomic mass is 16.3. The van der Waals surface area contributed by atoms with Gasteiger partial charge in [-0.05, 0) is 73.6 Å². The largest absolute Gasteiger partial charge is 0.456 e. The third-order valence-corrected chi connectivity index (χ3v) is 9.97. The fraction of sp³-hybridized carbons (Fsp3) is 0.0208. The van der Waals surface area contributed by atoms with E-state index in [9.17, 15) is 0 Å². The quantitative estimate of drug-likeness (QED) is 0.166. The maximum atomic E-state index is 6.41. The van der Waals surface area contributed by atoms with Gasteiger partial charge >= 0.3 is 0 Å². The molecule has 8 aromatic carbocycles. The Bertz CT molecular complexity index is 2910. The molecule has 0 fully saturated rings. The van der Waals surface area contributed by atoms with Crippen LogP contribution in [0.25, 0.3) is 88.5 Å². The van der Waals surface area contributed by atoms with Crippen LogP contribution in [0.15, 0.2) is 180 Å². The van der Waals surface area contributed by atoms with Crippen LogP contribution in [-0.4, -0.2) is 15.0 Å². The minimum Gasteiger partial charge on any atom is -0.456 e. The van der Waals surface area contributed by atoms with Crippen LogP contribution in [0.4, 0.5) is 0 Å². The summed E-state index contributed by atoms with van der Waals surface area (Å²) in [6.45, 7) is 0. The van der Waals surface area contributed by atoms with Crippen molar-refractivity contribution in [2.24, 2.45) is 0 Å². The number of hydrogen-bond donors (Lipinski definition) is 0. The van der Waals surface area contributed by atoms with Crippen LogP contribution in [-0.2, 0) is 6.42 Å². The maximum Gasteiger partial charge on any atom is 0.163 e. The molecule has 2 heterocycles. The van der Waals surface area contributed by atoms with E-state index < -0.39 is 0 Å². The van der Waals surface area contributed by atoms with Crippen molar-refractivity contribution in [2.75, 3.05) is 0 Å². The van der Waals surface area contributed by atoms with Crippen LogP contribution in [0.3, 0.4) is 0 Å². The van der Waals surface area contributed by atoms with Gasteiger partial charge in [-0.1, -0.05) is 152 Å². The molecule has 4 heteroatoms. The second kappa shape index (κ2) is 12.4. The standard InChI is InChI=1S/C48H31N3O/c1-3-10-31(11-4-1)32-18-20-33(21-19-32)37-26-27-43-42(28-37)46-38(15-9-17-44(46)52-43)30-45-49-47(36-13-5-2-6-14-36)51-48(50-45)39-25-24-35-23-22-34-12-7-8-16-40(34)41(35)29-39/h1-29H,30H2. The third kappa shape index (κ3) is 5.38. The van der Waals surface area contributed by atoms with Gasteiger partial charge in [-0.25, -0.2) is 15.0 Å². The second-order valence-corrected chi connectivity index (χ2v) is 13.2. The summed E-state index contributed by atoms with van der Waals surface area (Å²) < 4.78 is 6.41. The molecule has 0 unspecified atom stereocenters. The number of rotatable bonds is 6. The first kappa shape index (κ1) is 30.0. The molecule has 2 aromatic heterocycles. The molecule has 244 valence electrons. The first-order valence-corrected chi connectivity index (χ1v) is 17.6. The van der Waals surface area contributed by atoms with E-state index in [-0.39, 0.29) is 0 Å². The van der Waals surface area contributed by atoms with Crippen LogP contribution in [0, 0.1) is 0 Å². The average Bonchev–Trinajstić information content (AvgIpc) is 3.60. The average molecular weight is 666 g/mol. The van der Waals surface area contributed by atoms with Crippen LogP contribution < -0.4 is 0 Å². The highest BCUT2D eigenvalue weighted by molar-refractivity contribution is 6.09. The third-order valence-electron chi connectivity index (χ3n) is 9.97. The Morgan fingerprint density at radius 2 is 0.942 bits per heavy atom. The molecule has 0 N–H and O–H groups in total. The molecular weight excluding hydrogens is 635 g/mol. The van der Waals surface area contributed by atoms with E-state index in [2.05, 4.69) is 146 Å². The van der Waals surface area contributed by atoms with Gasteiger partial charge in [0, 0.05) is 28.3 Å². The molecule has 0 spiro atoms. The summed E-state index contributed by atoms with van der Waals surface area (Å²) in [6.07, 6.45) is 0.522. The Morgan fingerprint density at radius 1 is 0.365 bits per heavy atom. The van der Waals surface area contributed by atoms with Crippen molar-refractivity contribution in [3.63, 3.8) is 0 Å². The van der Waals surface area contributed by atoms with Gasteiger partial charge in [-0.2, -0.15) is 0 Å². The Kier molecular flexibility index (Phi) is 7.17. The molecule has 10 rings (SSSR count). The summed E-state index contributed by atoms with van der Waals surface area (Å²) in [6, 6.07) is 61.5. The summed E-state index contributed by atoms with van der Waals surface area (Å²) in [7, 11) is 0. The van der Waals surface area contributed by atoms with Crippen molar-refractivity contribution < 1.29 is 4.42 Å². The lowest BCUT2D eigenvalue weighted by atomic mass is 9.98. The first-order valence-electron chi connectivity index (χ1n) is 17.6. The molecule has 0 bridgehead atoms. The zero-order valence-corrected chi connectivity index (χ0v) is 28.2. The number of benzene rings is 8. The van der Waals surface area contributed by atoms with E-state index in [0.29, 0.717) is 23.9 Å². The molecule has 0 aliphatic carbocycles. The molecule has 0 saturated carbocycles. The maximum absolute atomic E-state index is 6.41. The molecule has 4 nitrogen and oxygen atoms in total. The van der Waals surface area contributed by atoms with E-state index in [1.165, 1.54) is 32.7 Å². The lowest BCUT2D eigenvalue weighted by Crippen LogP contribution is -2.04. The number of nitrogens with zero attached hydrogens (tertiary/aromatic N) is 3. The van der Waals surface area contributed by atoms with Crippen molar-refractivity contribution in [3.05, 3.63) is 187 Å². The SMILES string of the molecule is c1ccc(-c2ccc(-c3ccc4oc5cccc(Cc6nc(-c7ccccc7)nc(-c7ccc8ccc9ccccc9c8c7)n6)c5c4c3)cc2)cc1. The van der Waals surface area contributed by atoms with Gasteiger partial charge in [0.1, 0.15) is 17.0 Å². The van der Waals surface area contributed by atoms with Gasteiger partial charge in [0.15, 0.2) is 11.6 Å². The summed E-state index contributed by atoms with van der Waals surface area (Å²) in [4.78, 5) is 15.2. The normalized spacial score (nSPS) is 11.5. The zero-order valence-electron chi connectivity index (χ0n) is 28.2. The van der Waals surface area contributed by atoms with Crippen LogP contribution >= 0.6 is 0 Å². The summed E-state index contributed by atoms with van der Waals surface area (Å²) in [5, 5.41) is 6.95. The lowest BCUT2D eigenvalue weighted by molar-refractivity contribution is 0.668. The monoisotopic (exact) mass is 665 g/mol. The molecule has 0 aliphatic rings. The predicted octanol–water partition coefficient (Wildman–Crippen LogP) is 12.3. The fourth-order valence-electron chi connectivity index (χ4n) is 7.37. The fourth-order valence-corrected chi connectivity index (χ4v) is 7.37. The molecule has 0 aliphatic heterocycles. The van der Waals surface area contributed by atoms with Crippen molar-refractivity contribution >= 4 is 43.5 Å². The van der Waals surface area contributed by atoms with Gasteiger partial charge in [-0.3, -0.25) is 0 Å². The number of aromatic nitrogens is 3. The van der Waals surface area contributed by atoms with Gasteiger partial charge in [-0.15, -0.1) is 0 Å². The van der Waals surface area contributed by atoms with Crippen LogP contribution in [0.1, 0.15) is 11.4 Å². The lowest BCUT2D eigenvalue weighted by Gasteiger charge is -2.10. The predicted molar refractivity (Wildman–Crippen MR) is 213 cm³/mol. The van der Waals surface area contributed by atoms with E-state index in [1.807, 2.05) is 30.3 Å². The molecule has 0 radical (unpaired) electrons. The van der Waals surface area contributed by atoms with Crippen molar-refractivity contribution in [3.8, 4) is 45.0 Å². The van der Waals surface area contributed by atoms with Gasteiger partial charge in [0.05, 0.1) is 0 Å². The minimum absolute atomic E-state index is 0.522. The molecule has 0 saturated heterocycles. The van der Waals surface area contributed by atoms with Gasteiger partial charge in [0.2, 0.25) is 0 Å². The number of hydrogen-bond acceptors (Lipinski definition) is 4. The minimum atomic E-state index is 0.522. The molecular formula is C48H31N3O. The summed E-state index contributed by atoms with van der Waals surface area (Å²) >= 11 is 0. The highest BCUT2D eigenvalue weighted by Gasteiger charge is 2.17. The van der Waals surface area contributed by atoms with Crippen molar-refractivity contribution in [2.45, 2.75) is 6.42 Å². The van der Waals surface area contributed by atoms with E-state index in [0.717, 1.165) is 49.8 Å². The Labute approximate surface area is 300 Å². The summed E-state index contributed by atoms with van der Waals surface area (Å²) in [5.41, 5.74) is 9.43. The topological polar surface area (TPSA) is 51.8 Å². The van der Waals surface area contributed by atoms with E-state index in [1.54, 1.807) is 0 Å².